The molecule has 1 aliphatic heterocycles. The van der Waals surface area contributed by atoms with Crippen molar-refractivity contribution in [2.75, 3.05) is 7.05 Å². The smallest absolute Gasteiger partial charge is 0.226 e. The zero-order valence-corrected chi connectivity index (χ0v) is 13.7. The average Bonchev–Trinajstić information content (AvgIpc) is 2.90. The Kier molecular flexibility index (Phi) is 4.79. The van der Waals surface area contributed by atoms with Gasteiger partial charge in [0.05, 0.1) is 12.0 Å². The van der Waals surface area contributed by atoms with E-state index in [2.05, 4.69) is 5.32 Å². The Hall–Kier alpha value is -2.76. The minimum Gasteiger partial charge on any atom is -0.352 e. The Labute approximate surface area is 144 Å². The molecule has 0 aliphatic carbocycles. The predicted molar refractivity (Wildman–Crippen MR) is 88.3 cm³/mol. The van der Waals surface area contributed by atoms with Crippen molar-refractivity contribution in [2.45, 2.75) is 19.0 Å². The van der Waals surface area contributed by atoms with Gasteiger partial charge in [0, 0.05) is 25.6 Å². The van der Waals surface area contributed by atoms with Gasteiger partial charge in [0.2, 0.25) is 11.8 Å². The van der Waals surface area contributed by atoms with Crippen LogP contribution in [-0.2, 0) is 16.1 Å². The Morgan fingerprint density at radius 3 is 2.52 bits per heavy atom. The van der Waals surface area contributed by atoms with Crippen LogP contribution in [0, 0.1) is 17.6 Å². The number of nitrogens with one attached hydrogen (secondary N) is 1. The van der Waals surface area contributed by atoms with E-state index < -0.39 is 17.8 Å². The standard InChI is InChI=1S/C19H18F2N2O2/c1-23-17(24)10-15(18(23)12-6-8-14(20)9-7-12)19(25)22-11-13-4-2-3-5-16(13)21/h2-9,15,18H,10-11H2,1H3,(H,22,25)/t15-,18+/m1/s1. The maximum Gasteiger partial charge on any atom is 0.226 e. The molecule has 1 fully saturated rings. The van der Waals surface area contributed by atoms with Crippen molar-refractivity contribution in [3.8, 4) is 0 Å². The fourth-order valence-corrected chi connectivity index (χ4v) is 3.18. The van der Waals surface area contributed by atoms with Crippen LogP contribution in [0.25, 0.3) is 0 Å². The van der Waals surface area contributed by atoms with Crippen molar-refractivity contribution < 1.29 is 18.4 Å². The number of carbonyl (C=O) groups excluding carboxylic acids is 2. The van der Waals surface area contributed by atoms with Crippen molar-refractivity contribution in [1.29, 1.82) is 0 Å². The van der Waals surface area contributed by atoms with Crippen LogP contribution in [0.3, 0.4) is 0 Å². The van der Waals surface area contributed by atoms with Crippen molar-refractivity contribution in [3.63, 3.8) is 0 Å². The monoisotopic (exact) mass is 344 g/mol. The van der Waals surface area contributed by atoms with Crippen molar-refractivity contribution >= 4 is 11.8 Å². The zero-order valence-electron chi connectivity index (χ0n) is 13.7. The Bertz CT molecular complexity index is 792. The number of benzene rings is 2. The largest absolute Gasteiger partial charge is 0.352 e. The van der Waals surface area contributed by atoms with Gasteiger partial charge >= 0.3 is 0 Å². The molecule has 25 heavy (non-hydrogen) atoms. The molecule has 1 N–H and O–H groups in total. The van der Waals surface area contributed by atoms with Crippen LogP contribution in [0.5, 0.6) is 0 Å². The number of hydrogen-bond acceptors (Lipinski definition) is 2. The van der Waals surface area contributed by atoms with E-state index in [4.69, 9.17) is 0 Å². The molecule has 4 nitrogen and oxygen atoms in total. The molecule has 0 saturated carbocycles. The van der Waals surface area contributed by atoms with Crippen LogP contribution < -0.4 is 5.32 Å². The summed E-state index contributed by atoms with van der Waals surface area (Å²) in [7, 11) is 1.63. The summed E-state index contributed by atoms with van der Waals surface area (Å²) in [5.41, 5.74) is 1.08. The summed E-state index contributed by atoms with van der Waals surface area (Å²) < 4.78 is 26.8. The highest BCUT2D eigenvalue weighted by Gasteiger charge is 2.42. The SMILES string of the molecule is CN1C(=O)C[C@@H](C(=O)NCc2ccccc2F)[C@@H]1c1ccc(F)cc1. The average molecular weight is 344 g/mol. The summed E-state index contributed by atoms with van der Waals surface area (Å²) in [6.07, 6.45) is 0.0711. The second-order valence-corrected chi connectivity index (χ2v) is 6.12. The van der Waals surface area contributed by atoms with E-state index in [0.717, 1.165) is 0 Å². The maximum absolute atomic E-state index is 13.7. The van der Waals surface area contributed by atoms with Gasteiger partial charge in [-0.1, -0.05) is 30.3 Å². The number of hydrogen-bond donors (Lipinski definition) is 1. The molecule has 0 spiro atoms. The highest BCUT2D eigenvalue weighted by molar-refractivity contribution is 5.90. The molecule has 2 aromatic carbocycles. The van der Waals surface area contributed by atoms with Crippen LogP contribution >= 0.6 is 0 Å². The van der Waals surface area contributed by atoms with Gasteiger partial charge in [-0.3, -0.25) is 9.59 Å². The Balaban J connectivity index is 1.76. The van der Waals surface area contributed by atoms with Crippen LogP contribution in [-0.4, -0.2) is 23.8 Å². The molecule has 3 rings (SSSR count). The summed E-state index contributed by atoms with van der Waals surface area (Å²) in [4.78, 5) is 26.2. The molecule has 1 aliphatic rings. The van der Waals surface area contributed by atoms with E-state index in [0.29, 0.717) is 11.1 Å². The minimum absolute atomic E-state index is 0.0516. The Morgan fingerprint density at radius 2 is 1.84 bits per heavy atom. The molecule has 2 atom stereocenters. The van der Waals surface area contributed by atoms with Gasteiger partial charge in [0.25, 0.3) is 0 Å². The van der Waals surface area contributed by atoms with E-state index in [1.54, 1.807) is 37.4 Å². The molecule has 2 amide bonds. The van der Waals surface area contributed by atoms with E-state index in [1.165, 1.54) is 23.1 Å². The Morgan fingerprint density at radius 1 is 1.16 bits per heavy atom. The second-order valence-electron chi connectivity index (χ2n) is 6.12. The molecule has 2 aromatic rings. The van der Waals surface area contributed by atoms with Crippen molar-refractivity contribution in [3.05, 3.63) is 71.3 Å². The van der Waals surface area contributed by atoms with Crippen molar-refractivity contribution in [2.24, 2.45) is 5.92 Å². The fraction of sp³-hybridized carbons (Fsp3) is 0.263. The minimum atomic E-state index is -0.602. The first kappa shape index (κ1) is 17.1. The first-order chi connectivity index (χ1) is 12.0. The highest BCUT2D eigenvalue weighted by Crippen LogP contribution is 2.37. The first-order valence-corrected chi connectivity index (χ1v) is 7.99. The number of halogens is 2. The normalized spacial score (nSPS) is 20.0. The quantitative estimate of drug-likeness (QED) is 0.927. The lowest BCUT2D eigenvalue weighted by Gasteiger charge is -2.25. The van der Waals surface area contributed by atoms with Gasteiger partial charge in [0.1, 0.15) is 11.6 Å². The number of rotatable bonds is 4. The van der Waals surface area contributed by atoms with E-state index in [1.807, 2.05) is 0 Å². The zero-order chi connectivity index (χ0) is 18.0. The molecular formula is C19H18F2N2O2. The second kappa shape index (κ2) is 7.01. The summed E-state index contributed by atoms with van der Waals surface area (Å²) in [5.74, 6) is -1.85. The molecule has 0 aromatic heterocycles. The number of carbonyl (C=O) groups is 2. The molecule has 6 heteroatoms. The highest BCUT2D eigenvalue weighted by atomic mass is 19.1. The van der Waals surface area contributed by atoms with Crippen LogP contribution in [0.15, 0.2) is 48.5 Å². The molecule has 1 heterocycles. The predicted octanol–water partition coefficient (Wildman–Crippen LogP) is 2.80. The third-order valence-corrected chi connectivity index (χ3v) is 4.55. The molecule has 0 bridgehead atoms. The summed E-state index contributed by atoms with van der Waals surface area (Å²) >= 11 is 0. The molecular weight excluding hydrogens is 326 g/mol. The topological polar surface area (TPSA) is 49.4 Å². The van der Waals surface area contributed by atoms with Gasteiger partial charge in [-0.2, -0.15) is 0 Å². The number of likely N-dealkylation sites (tertiary alicyclic amines) is 1. The van der Waals surface area contributed by atoms with E-state index >= 15 is 0 Å². The van der Waals surface area contributed by atoms with Gasteiger partial charge in [0.15, 0.2) is 0 Å². The molecule has 0 unspecified atom stereocenters. The first-order valence-electron chi connectivity index (χ1n) is 7.99. The van der Waals surface area contributed by atoms with Crippen LogP contribution in [0.2, 0.25) is 0 Å². The maximum atomic E-state index is 13.7. The van der Waals surface area contributed by atoms with Gasteiger partial charge in [-0.05, 0) is 23.8 Å². The fourth-order valence-electron chi connectivity index (χ4n) is 3.18. The van der Waals surface area contributed by atoms with Crippen LogP contribution in [0.1, 0.15) is 23.6 Å². The lowest BCUT2D eigenvalue weighted by atomic mass is 9.93. The van der Waals surface area contributed by atoms with E-state index in [-0.39, 0.29) is 30.6 Å². The van der Waals surface area contributed by atoms with Gasteiger partial charge in [-0.15, -0.1) is 0 Å². The van der Waals surface area contributed by atoms with Crippen molar-refractivity contribution in [1.82, 2.24) is 10.2 Å². The van der Waals surface area contributed by atoms with Crippen LogP contribution in [0.4, 0.5) is 8.78 Å². The summed E-state index contributed by atoms with van der Waals surface area (Å²) in [6, 6.07) is 11.5. The third kappa shape index (κ3) is 3.52. The molecule has 0 radical (unpaired) electrons. The lowest BCUT2D eigenvalue weighted by Crippen LogP contribution is -2.34. The number of amides is 2. The lowest BCUT2D eigenvalue weighted by molar-refractivity contribution is -0.128. The third-order valence-electron chi connectivity index (χ3n) is 4.55. The number of nitrogens with zero attached hydrogens (tertiary/aromatic N) is 1. The molecule has 130 valence electrons. The van der Waals surface area contributed by atoms with Gasteiger partial charge < -0.3 is 10.2 Å². The molecule has 1 saturated heterocycles. The summed E-state index contributed by atoms with van der Waals surface area (Å²) in [6.45, 7) is 0.0516. The van der Waals surface area contributed by atoms with Gasteiger partial charge in [-0.25, -0.2) is 8.78 Å². The summed E-state index contributed by atoms with van der Waals surface area (Å²) in [5, 5.41) is 2.70. The van der Waals surface area contributed by atoms with E-state index in [9.17, 15) is 18.4 Å².